The fourth-order valence-corrected chi connectivity index (χ4v) is 0.612. The summed E-state index contributed by atoms with van der Waals surface area (Å²) in [4.78, 5) is 8.25. The summed E-state index contributed by atoms with van der Waals surface area (Å²) in [7, 11) is 0. The maximum Gasteiger partial charge on any atom is 1.00 e. The minimum absolute atomic E-state index is 0. The van der Waals surface area contributed by atoms with Crippen molar-refractivity contribution in [1.82, 2.24) is 10.6 Å². The van der Waals surface area contributed by atoms with Crippen LogP contribution in [0.1, 0.15) is 0 Å². The average Bonchev–Trinajstić information content (AvgIpc) is 2.31. The van der Waals surface area contributed by atoms with E-state index in [9.17, 15) is 0 Å². The molecule has 0 unspecified atom stereocenters. The first-order valence-electron chi connectivity index (χ1n) is 5.41. The molecule has 0 spiro atoms. The molecule has 0 heterocycles. The van der Waals surface area contributed by atoms with Gasteiger partial charge in [-0.3, -0.25) is 0 Å². The van der Waals surface area contributed by atoms with Crippen LogP contribution in [0.2, 0.25) is 0 Å². The average molecular weight is 370 g/mol. The van der Waals surface area contributed by atoms with E-state index >= 15 is 0 Å². The maximum absolute atomic E-state index is 8.25. The fourth-order valence-electron chi connectivity index (χ4n) is 0.612. The normalized spacial score (nSPS) is 7.68. The van der Waals surface area contributed by atoms with Gasteiger partial charge in [-0.05, 0) is 0 Å². The van der Waals surface area contributed by atoms with E-state index in [1.54, 1.807) is 0 Å². The third-order valence-corrected chi connectivity index (χ3v) is 1.22. The van der Waals surface area contributed by atoms with Crippen molar-refractivity contribution >= 4 is 0 Å². The molecule has 0 aliphatic carbocycles. The van der Waals surface area contributed by atoms with Gasteiger partial charge in [0.15, 0.2) is 0 Å². The standard InChI is InChI=1S/2C5H12N2.Ag.NO3/c2*1-2-4-7-5-3-6;;2-1(3)4/h2*2,7H,1,3-6H2;;/q;;+1;-1. The van der Waals surface area contributed by atoms with Gasteiger partial charge in [0.25, 0.3) is 0 Å². The summed E-state index contributed by atoms with van der Waals surface area (Å²) < 4.78 is 0. The van der Waals surface area contributed by atoms with Crippen LogP contribution in [0.3, 0.4) is 0 Å². The van der Waals surface area contributed by atoms with Gasteiger partial charge >= 0.3 is 22.4 Å². The molecule has 8 nitrogen and oxygen atoms in total. The van der Waals surface area contributed by atoms with Gasteiger partial charge in [0.05, 0.1) is 5.09 Å². The third-order valence-electron chi connectivity index (χ3n) is 1.22. The molecule has 0 radical (unpaired) electrons. The van der Waals surface area contributed by atoms with E-state index in [0.29, 0.717) is 13.1 Å². The summed E-state index contributed by atoms with van der Waals surface area (Å²) in [6, 6.07) is 0. The number of nitrogens with one attached hydrogen (secondary N) is 2. The van der Waals surface area contributed by atoms with Crippen molar-refractivity contribution in [3.8, 4) is 0 Å². The van der Waals surface area contributed by atoms with Gasteiger partial charge in [-0.1, -0.05) is 12.2 Å². The van der Waals surface area contributed by atoms with Crippen molar-refractivity contribution in [2.24, 2.45) is 11.5 Å². The number of nitrogens with zero attached hydrogens (tertiary/aromatic N) is 1. The largest absolute Gasteiger partial charge is 1.00 e. The van der Waals surface area contributed by atoms with E-state index in [2.05, 4.69) is 23.8 Å². The van der Waals surface area contributed by atoms with E-state index in [-0.39, 0.29) is 22.4 Å². The van der Waals surface area contributed by atoms with Crippen molar-refractivity contribution in [2.75, 3.05) is 39.3 Å². The SMILES string of the molecule is C=CCNCCN.C=CCNCCN.O=[N+]([O-])[O-].[Ag+]. The topological polar surface area (TPSA) is 142 Å². The molecule has 0 bridgehead atoms. The second-order valence-corrected chi connectivity index (χ2v) is 2.79. The van der Waals surface area contributed by atoms with Crippen molar-refractivity contribution in [3.63, 3.8) is 0 Å². The van der Waals surface area contributed by atoms with Crippen LogP contribution in [-0.4, -0.2) is 44.4 Å². The smallest absolute Gasteiger partial charge is 0.356 e. The Bertz CT molecular complexity index is 178. The van der Waals surface area contributed by atoms with Gasteiger partial charge < -0.3 is 37.4 Å². The molecule has 0 aromatic rings. The van der Waals surface area contributed by atoms with Crippen molar-refractivity contribution in [1.29, 1.82) is 0 Å². The first-order chi connectivity index (χ1) is 8.56. The third kappa shape index (κ3) is 76.3. The van der Waals surface area contributed by atoms with Crippen LogP contribution >= 0.6 is 0 Å². The predicted molar refractivity (Wildman–Crippen MR) is 74.6 cm³/mol. The zero-order chi connectivity index (χ0) is 14.6. The Balaban J connectivity index is -0.0000000900. The second kappa shape index (κ2) is 30.4. The van der Waals surface area contributed by atoms with E-state index in [4.69, 9.17) is 26.8 Å². The molecule has 6 N–H and O–H groups in total. The van der Waals surface area contributed by atoms with Gasteiger partial charge in [0.2, 0.25) is 0 Å². The van der Waals surface area contributed by atoms with Gasteiger partial charge in [0, 0.05) is 39.3 Å². The Kier molecular flexibility index (Phi) is 42.7. The second-order valence-electron chi connectivity index (χ2n) is 2.79. The van der Waals surface area contributed by atoms with E-state index in [0.717, 1.165) is 26.2 Å². The van der Waals surface area contributed by atoms with Crippen molar-refractivity contribution in [2.45, 2.75) is 0 Å². The maximum atomic E-state index is 8.25. The molecule has 0 fully saturated rings. The number of nitrogens with two attached hydrogens (primary N) is 2. The van der Waals surface area contributed by atoms with Crippen molar-refractivity contribution < 1.29 is 27.5 Å². The summed E-state index contributed by atoms with van der Waals surface area (Å²) in [5.74, 6) is 0. The zero-order valence-electron chi connectivity index (χ0n) is 10.9. The Labute approximate surface area is 129 Å². The molecule has 118 valence electrons. The fraction of sp³-hybridized carbons (Fsp3) is 0.600. The summed E-state index contributed by atoms with van der Waals surface area (Å²) in [5, 5.41) is 20.8. The van der Waals surface area contributed by atoms with Crippen LogP contribution in [0.15, 0.2) is 25.3 Å². The van der Waals surface area contributed by atoms with Crippen molar-refractivity contribution in [3.05, 3.63) is 40.6 Å². The molecule has 19 heavy (non-hydrogen) atoms. The molecule has 0 aliphatic rings. The quantitative estimate of drug-likeness (QED) is 0.144. The summed E-state index contributed by atoms with van der Waals surface area (Å²) >= 11 is 0. The summed E-state index contributed by atoms with van der Waals surface area (Å²) in [6.07, 6.45) is 3.63. The van der Waals surface area contributed by atoms with Gasteiger partial charge in [0.1, 0.15) is 0 Å². The van der Waals surface area contributed by atoms with Crippen LogP contribution < -0.4 is 22.1 Å². The first kappa shape index (κ1) is 26.8. The van der Waals surface area contributed by atoms with Crippen LogP contribution in [0.25, 0.3) is 0 Å². The van der Waals surface area contributed by atoms with Crippen LogP contribution in [-0.2, 0) is 22.4 Å². The first-order valence-corrected chi connectivity index (χ1v) is 5.41. The van der Waals surface area contributed by atoms with E-state index < -0.39 is 5.09 Å². The molecule has 0 aromatic carbocycles. The summed E-state index contributed by atoms with van der Waals surface area (Å²) in [5.41, 5.74) is 10.3. The minimum atomic E-state index is -1.75. The van der Waals surface area contributed by atoms with Crippen LogP contribution in [0.4, 0.5) is 0 Å². The zero-order valence-corrected chi connectivity index (χ0v) is 12.4. The molecular formula is C10H24AgN5O3. The molecular weight excluding hydrogens is 346 g/mol. The predicted octanol–water partition coefficient (Wildman–Crippen LogP) is -0.800. The van der Waals surface area contributed by atoms with Gasteiger partial charge in [-0.25, -0.2) is 0 Å². The molecule has 0 saturated carbocycles. The number of hydrogen-bond acceptors (Lipinski definition) is 7. The summed E-state index contributed by atoms with van der Waals surface area (Å²) in [6.45, 7) is 11.9. The molecule has 0 saturated heterocycles. The molecule has 0 rings (SSSR count). The van der Waals surface area contributed by atoms with E-state index in [1.807, 2.05) is 12.2 Å². The van der Waals surface area contributed by atoms with Gasteiger partial charge in [-0.2, -0.15) is 0 Å². The number of hydrogen-bond donors (Lipinski definition) is 4. The Morgan fingerprint density at radius 2 is 1.26 bits per heavy atom. The Morgan fingerprint density at radius 1 is 1.00 bits per heavy atom. The molecule has 0 aromatic heterocycles. The van der Waals surface area contributed by atoms with Crippen LogP contribution in [0.5, 0.6) is 0 Å². The molecule has 9 heteroatoms. The Hall–Kier alpha value is -0.740. The minimum Gasteiger partial charge on any atom is -0.356 e. The van der Waals surface area contributed by atoms with Crippen LogP contribution in [0, 0.1) is 15.3 Å². The molecule has 0 aliphatic heterocycles. The monoisotopic (exact) mass is 369 g/mol. The van der Waals surface area contributed by atoms with E-state index in [1.165, 1.54) is 0 Å². The Morgan fingerprint density at radius 3 is 1.42 bits per heavy atom. The molecule has 0 amide bonds. The number of rotatable bonds is 8. The van der Waals surface area contributed by atoms with Gasteiger partial charge in [-0.15, -0.1) is 13.2 Å². The molecule has 0 atom stereocenters.